The molecule has 1 aliphatic rings. The zero-order valence-electron chi connectivity index (χ0n) is 13.3. The maximum atomic E-state index is 12.1. The summed E-state index contributed by atoms with van der Waals surface area (Å²) in [6.07, 6.45) is 1.41. The van der Waals surface area contributed by atoms with Crippen LogP contribution in [-0.2, 0) is 20.7 Å². The second-order valence-corrected chi connectivity index (χ2v) is 6.05. The molecule has 1 heterocycles. The highest BCUT2D eigenvalue weighted by atomic mass is 16.5. The second kappa shape index (κ2) is 6.82. The molecule has 0 N–H and O–H groups in total. The third kappa shape index (κ3) is 3.70. The van der Waals surface area contributed by atoms with Crippen molar-refractivity contribution in [2.24, 2.45) is 5.92 Å². The lowest BCUT2D eigenvalue weighted by Crippen LogP contribution is -2.28. The number of benzene rings is 2. The van der Waals surface area contributed by atoms with E-state index in [1.54, 1.807) is 4.90 Å². The van der Waals surface area contributed by atoms with Crippen LogP contribution in [0.25, 0.3) is 10.8 Å². The fourth-order valence-corrected chi connectivity index (χ4v) is 3.02. The first-order valence-corrected chi connectivity index (χ1v) is 8.03. The van der Waals surface area contributed by atoms with Crippen LogP contribution in [0.5, 0.6) is 0 Å². The van der Waals surface area contributed by atoms with E-state index in [9.17, 15) is 9.59 Å². The average molecular weight is 311 g/mol. The van der Waals surface area contributed by atoms with Crippen LogP contribution in [0.15, 0.2) is 42.5 Å². The lowest BCUT2D eigenvalue weighted by atomic mass is 10.1. The standard InChI is InChI=1S/C19H21NO3/c1-14(21)20-10-8-18(13-20)19(22)23-11-9-15-6-7-16-4-2-3-5-17(16)12-15/h2-7,12,18H,8-11,13H2,1H3/t18-/m0/s1. The highest BCUT2D eigenvalue weighted by molar-refractivity contribution is 5.83. The summed E-state index contributed by atoms with van der Waals surface area (Å²) in [6, 6.07) is 14.5. The van der Waals surface area contributed by atoms with Crippen molar-refractivity contribution in [3.63, 3.8) is 0 Å². The van der Waals surface area contributed by atoms with E-state index < -0.39 is 0 Å². The molecular weight excluding hydrogens is 290 g/mol. The van der Waals surface area contributed by atoms with E-state index in [1.165, 1.54) is 17.7 Å². The molecule has 0 spiro atoms. The van der Waals surface area contributed by atoms with Gasteiger partial charge >= 0.3 is 5.97 Å². The fraction of sp³-hybridized carbons (Fsp3) is 0.368. The van der Waals surface area contributed by atoms with E-state index in [2.05, 4.69) is 30.3 Å². The van der Waals surface area contributed by atoms with Crippen molar-refractivity contribution in [3.8, 4) is 0 Å². The summed E-state index contributed by atoms with van der Waals surface area (Å²) < 4.78 is 5.39. The van der Waals surface area contributed by atoms with E-state index in [1.807, 2.05) is 12.1 Å². The molecule has 23 heavy (non-hydrogen) atoms. The largest absolute Gasteiger partial charge is 0.465 e. The second-order valence-electron chi connectivity index (χ2n) is 6.05. The maximum absolute atomic E-state index is 12.1. The van der Waals surface area contributed by atoms with Crippen LogP contribution in [0, 0.1) is 5.92 Å². The van der Waals surface area contributed by atoms with Crippen molar-refractivity contribution in [2.45, 2.75) is 19.8 Å². The predicted octanol–water partition coefficient (Wildman–Crippen LogP) is 2.79. The summed E-state index contributed by atoms with van der Waals surface area (Å²) in [4.78, 5) is 25.1. The normalized spacial score (nSPS) is 17.4. The molecule has 1 fully saturated rings. The minimum atomic E-state index is -0.186. The fourth-order valence-electron chi connectivity index (χ4n) is 3.02. The molecule has 0 aromatic heterocycles. The monoisotopic (exact) mass is 311 g/mol. The first-order valence-electron chi connectivity index (χ1n) is 8.03. The van der Waals surface area contributed by atoms with Crippen molar-refractivity contribution in [3.05, 3.63) is 48.0 Å². The number of nitrogens with zero attached hydrogens (tertiary/aromatic N) is 1. The molecule has 2 aromatic rings. The van der Waals surface area contributed by atoms with Crippen LogP contribution < -0.4 is 0 Å². The van der Waals surface area contributed by atoms with Crippen molar-refractivity contribution in [2.75, 3.05) is 19.7 Å². The molecule has 0 aliphatic carbocycles. The van der Waals surface area contributed by atoms with E-state index >= 15 is 0 Å². The molecule has 0 radical (unpaired) electrons. The molecule has 1 atom stereocenters. The Balaban J connectivity index is 1.50. The lowest BCUT2D eigenvalue weighted by Gasteiger charge is -2.13. The molecule has 0 unspecified atom stereocenters. The highest BCUT2D eigenvalue weighted by Gasteiger charge is 2.30. The summed E-state index contributed by atoms with van der Waals surface area (Å²) in [5.74, 6) is -0.332. The third-order valence-corrected chi connectivity index (χ3v) is 4.42. The molecule has 0 bridgehead atoms. The van der Waals surface area contributed by atoms with Crippen LogP contribution in [0.3, 0.4) is 0 Å². The molecule has 2 aromatic carbocycles. The topological polar surface area (TPSA) is 46.6 Å². The van der Waals surface area contributed by atoms with Gasteiger partial charge in [0, 0.05) is 26.4 Å². The number of hydrogen-bond acceptors (Lipinski definition) is 3. The number of likely N-dealkylation sites (tertiary alicyclic amines) is 1. The quantitative estimate of drug-likeness (QED) is 0.816. The van der Waals surface area contributed by atoms with Crippen molar-refractivity contribution in [1.82, 2.24) is 4.90 Å². The molecule has 1 amide bonds. The smallest absolute Gasteiger partial charge is 0.310 e. The molecular formula is C19H21NO3. The Morgan fingerprint density at radius 1 is 1.17 bits per heavy atom. The third-order valence-electron chi connectivity index (χ3n) is 4.42. The van der Waals surface area contributed by atoms with Crippen LogP contribution in [-0.4, -0.2) is 36.5 Å². The van der Waals surface area contributed by atoms with Gasteiger partial charge in [0.2, 0.25) is 5.91 Å². The van der Waals surface area contributed by atoms with Gasteiger partial charge in [0.25, 0.3) is 0 Å². The van der Waals surface area contributed by atoms with Crippen molar-refractivity contribution >= 4 is 22.6 Å². The van der Waals surface area contributed by atoms with Gasteiger partial charge in [-0.1, -0.05) is 42.5 Å². The Morgan fingerprint density at radius 2 is 1.96 bits per heavy atom. The van der Waals surface area contributed by atoms with Gasteiger partial charge in [-0.2, -0.15) is 0 Å². The Kier molecular flexibility index (Phi) is 4.60. The Morgan fingerprint density at radius 3 is 2.70 bits per heavy atom. The number of ether oxygens (including phenoxy) is 1. The summed E-state index contributed by atoms with van der Waals surface area (Å²) in [6.45, 7) is 3.06. The number of fused-ring (bicyclic) bond motifs is 1. The summed E-state index contributed by atoms with van der Waals surface area (Å²) >= 11 is 0. The minimum Gasteiger partial charge on any atom is -0.465 e. The van der Waals surface area contributed by atoms with Gasteiger partial charge in [-0.05, 0) is 22.8 Å². The number of rotatable bonds is 4. The summed E-state index contributed by atoms with van der Waals surface area (Å²) in [7, 11) is 0. The number of hydrogen-bond donors (Lipinski definition) is 0. The van der Waals surface area contributed by atoms with Gasteiger partial charge in [-0.25, -0.2) is 0 Å². The molecule has 4 nitrogen and oxygen atoms in total. The van der Waals surface area contributed by atoms with Crippen LogP contribution in [0.4, 0.5) is 0 Å². The van der Waals surface area contributed by atoms with E-state index in [0.29, 0.717) is 32.5 Å². The molecule has 3 rings (SSSR count). The number of amides is 1. The first kappa shape index (κ1) is 15.5. The zero-order chi connectivity index (χ0) is 16.2. The molecule has 4 heteroatoms. The van der Waals surface area contributed by atoms with Crippen molar-refractivity contribution in [1.29, 1.82) is 0 Å². The van der Waals surface area contributed by atoms with E-state index in [4.69, 9.17) is 4.74 Å². The number of esters is 1. The average Bonchev–Trinajstić information content (AvgIpc) is 3.05. The van der Waals surface area contributed by atoms with Gasteiger partial charge in [-0.3, -0.25) is 9.59 Å². The first-order chi connectivity index (χ1) is 11.1. The molecule has 0 saturated carbocycles. The minimum absolute atomic E-state index is 0.0245. The van der Waals surface area contributed by atoms with Crippen molar-refractivity contribution < 1.29 is 14.3 Å². The SMILES string of the molecule is CC(=O)N1CC[C@H](C(=O)OCCc2ccc3ccccc3c2)C1. The molecule has 120 valence electrons. The lowest BCUT2D eigenvalue weighted by molar-refractivity contribution is -0.148. The summed E-state index contributed by atoms with van der Waals surface area (Å²) in [5, 5.41) is 2.41. The van der Waals surface area contributed by atoms with Gasteiger partial charge in [0.1, 0.15) is 0 Å². The van der Waals surface area contributed by atoms with Gasteiger partial charge < -0.3 is 9.64 Å². The Labute approximate surface area is 136 Å². The van der Waals surface area contributed by atoms with Crippen LogP contribution in [0.1, 0.15) is 18.9 Å². The van der Waals surface area contributed by atoms with Gasteiger partial charge in [-0.15, -0.1) is 0 Å². The van der Waals surface area contributed by atoms with Gasteiger partial charge in [0.05, 0.1) is 12.5 Å². The Bertz CT molecular complexity index is 725. The van der Waals surface area contributed by atoms with E-state index in [0.717, 1.165) is 5.56 Å². The van der Waals surface area contributed by atoms with E-state index in [-0.39, 0.29) is 17.8 Å². The maximum Gasteiger partial charge on any atom is 0.310 e. The number of carbonyl (C=O) groups is 2. The van der Waals surface area contributed by atoms with Crippen LogP contribution >= 0.6 is 0 Å². The zero-order valence-corrected chi connectivity index (χ0v) is 13.3. The summed E-state index contributed by atoms with van der Waals surface area (Å²) in [5.41, 5.74) is 1.16. The van der Waals surface area contributed by atoms with Gasteiger partial charge in [0.15, 0.2) is 0 Å². The predicted molar refractivity (Wildman–Crippen MR) is 89.0 cm³/mol. The highest BCUT2D eigenvalue weighted by Crippen LogP contribution is 2.19. The van der Waals surface area contributed by atoms with Crippen LogP contribution in [0.2, 0.25) is 0 Å². The molecule has 1 saturated heterocycles. The molecule has 1 aliphatic heterocycles. The number of carbonyl (C=O) groups excluding carboxylic acids is 2. The Hall–Kier alpha value is -2.36.